The Morgan fingerprint density at radius 2 is 2.05 bits per heavy atom. The second kappa shape index (κ2) is 4.73. The SMILES string of the molecule is Nc1nc2ccc(CN3CCS(=O)(=O)CC3)cc2s1. The van der Waals surface area contributed by atoms with E-state index in [0.717, 1.165) is 16.8 Å². The summed E-state index contributed by atoms with van der Waals surface area (Å²) in [6.07, 6.45) is 0. The van der Waals surface area contributed by atoms with Crippen LogP contribution in [0.4, 0.5) is 5.13 Å². The van der Waals surface area contributed by atoms with Crippen molar-refractivity contribution in [1.29, 1.82) is 0 Å². The summed E-state index contributed by atoms with van der Waals surface area (Å²) in [4.78, 5) is 6.40. The molecule has 3 rings (SSSR count). The number of thiazole rings is 1. The fourth-order valence-electron chi connectivity index (χ4n) is 2.25. The van der Waals surface area contributed by atoms with E-state index in [1.807, 2.05) is 12.1 Å². The van der Waals surface area contributed by atoms with E-state index < -0.39 is 9.84 Å². The van der Waals surface area contributed by atoms with Gasteiger partial charge in [0, 0.05) is 19.6 Å². The van der Waals surface area contributed by atoms with Gasteiger partial charge in [0.2, 0.25) is 0 Å². The van der Waals surface area contributed by atoms with Gasteiger partial charge in [-0.05, 0) is 17.7 Å². The summed E-state index contributed by atoms with van der Waals surface area (Å²) in [7, 11) is -2.81. The predicted molar refractivity (Wildman–Crippen MR) is 78.0 cm³/mol. The standard InChI is InChI=1S/C12H15N3O2S2/c13-12-14-10-2-1-9(7-11(10)18-12)8-15-3-5-19(16,17)6-4-15/h1-2,7H,3-6,8H2,(H2,13,14). The van der Waals surface area contributed by atoms with Gasteiger partial charge in [-0.2, -0.15) is 0 Å². The van der Waals surface area contributed by atoms with Crippen molar-refractivity contribution in [2.75, 3.05) is 30.3 Å². The predicted octanol–water partition coefficient (Wildman–Crippen LogP) is 1.11. The summed E-state index contributed by atoms with van der Waals surface area (Å²) in [5.74, 6) is 0.533. The number of nitrogen functional groups attached to an aromatic ring is 1. The molecule has 19 heavy (non-hydrogen) atoms. The van der Waals surface area contributed by atoms with Gasteiger partial charge in [0.25, 0.3) is 0 Å². The Kier molecular flexibility index (Phi) is 3.20. The van der Waals surface area contributed by atoms with Crippen LogP contribution in [0.5, 0.6) is 0 Å². The Hall–Kier alpha value is -1.18. The Labute approximate surface area is 116 Å². The second-order valence-corrected chi connectivity index (χ2v) is 8.15. The molecule has 1 aliphatic heterocycles. The van der Waals surface area contributed by atoms with Gasteiger partial charge < -0.3 is 5.73 Å². The summed E-state index contributed by atoms with van der Waals surface area (Å²) in [6, 6.07) is 6.09. The van der Waals surface area contributed by atoms with Gasteiger partial charge in [0.05, 0.1) is 21.7 Å². The topological polar surface area (TPSA) is 76.3 Å². The first-order valence-electron chi connectivity index (χ1n) is 6.10. The maximum absolute atomic E-state index is 11.4. The average Bonchev–Trinajstić information content (AvgIpc) is 2.71. The number of fused-ring (bicyclic) bond motifs is 1. The largest absolute Gasteiger partial charge is 0.375 e. The maximum Gasteiger partial charge on any atom is 0.181 e. The lowest BCUT2D eigenvalue weighted by molar-refractivity contribution is 0.288. The van der Waals surface area contributed by atoms with E-state index in [-0.39, 0.29) is 11.5 Å². The second-order valence-electron chi connectivity index (χ2n) is 4.78. The third-order valence-electron chi connectivity index (χ3n) is 3.31. The van der Waals surface area contributed by atoms with Gasteiger partial charge in [-0.3, -0.25) is 4.90 Å². The Morgan fingerprint density at radius 1 is 1.32 bits per heavy atom. The number of nitrogens with two attached hydrogens (primary N) is 1. The molecule has 0 radical (unpaired) electrons. The first-order chi connectivity index (χ1) is 9.02. The van der Waals surface area contributed by atoms with Gasteiger partial charge in [0.15, 0.2) is 15.0 Å². The molecule has 102 valence electrons. The summed E-state index contributed by atoms with van der Waals surface area (Å²) in [5, 5.41) is 0.580. The summed E-state index contributed by atoms with van der Waals surface area (Å²) >= 11 is 1.48. The highest BCUT2D eigenvalue weighted by Gasteiger charge is 2.21. The number of rotatable bonds is 2. The van der Waals surface area contributed by atoms with Crippen LogP contribution in [0.3, 0.4) is 0 Å². The van der Waals surface area contributed by atoms with Crippen LogP contribution in [0.15, 0.2) is 18.2 Å². The minimum absolute atomic E-state index is 0.267. The summed E-state index contributed by atoms with van der Waals surface area (Å²) < 4.78 is 23.8. The molecule has 5 nitrogen and oxygen atoms in total. The summed E-state index contributed by atoms with van der Waals surface area (Å²) in [5.41, 5.74) is 7.78. The van der Waals surface area contributed by atoms with Crippen LogP contribution in [0, 0.1) is 0 Å². The van der Waals surface area contributed by atoms with Gasteiger partial charge in [-0.25, -0.2) is 13.4 Å². The van der Waals surface area contributed by atoms with E-state index in [0.29, 0.717) is 18.2 Å². The molecule has 2 aromatic rings. The van der Waals surface area contributed by atoms with Crippen molar-refractivity contribution in [3.63, 3.8) is 0 Å². The molecule has 0 spiro atoms. The molecule has 0 unspecified atom stereocenters. The molecule has 0 bridgehead atoms. The fraction of sp³-hybridized carbons (Fsp3) is 0.417. The molecular formula is C12H15N3O2S2. The fourth-order valence-corrected chi connectivity index (χ4v) is 4.33. The zero-order valence-corrected chi connectivity index (χ0v) is 12.0. The number of aromatic nitrogens is 1. The minimum atomic E-state index is -2.81. The molecule has 2 heterocycles. The number of benzene rings is 1. The number of nitrogens with zero attached hydrogens (tertiary/aromatic N) is 2. The van der Waals surface area contributed by atoms with Gasteiger partial charge in [0.1, 0.15) is 0 Å². The molecule has 2 N–H and O–H groups in total. The van der Waals surface area contributed by atoms with Crippen LogP contribution < -0.4 is 5.73 Å². The smallest absolute Gasteiger partial charge is 0.181 e. The van der Waals surface area contributed by atoms with Crippen molar-refractivity contribution in [1.82, 2.24) is 9.88 Å². The van der Waals surface area contributed by atoms with E-state index in [2.05, 4.69) is 16.0 Å². The molecule has 0 amide bonds. The number of sulfone groups is 1. The molecule has 1 aromatic heterocycles. The molecule has 7 heteroatoms. The van der Waals surface area contributed by atoms with E-state index in [1.54, 1.807) is 0 Å². The lowest BCUT2D eigenvalue weighted by Crippen LogP contribution is -2.39. The maximum atomic E-state index is 11.4. The average molecular weight is 297 g/mol. The van der Waals surface area contributed by atoms with Gasteiger partial charge >= 0.3 is 0 Å². The normalized spacial score (nSPS) is 19.8. The Balaban J connectivity index is 1.75. The van der Waals surface area contributed by atoms with Crippen molar-refractivity contribution in [3.05, 3.63) is 23.8 Å². The van der Waals surface area contributed by atoms with Crippen LogP contribution in [0.2, 0.25) is 0 Å². The van der Waals surface area contributed by atoms with Crippen molar-refractivity contribution < 1.29 is 8.42 Å². The molecule has 1 saturated heterocycles. The Morgan fingerprint density at radius 3 is 2.79 bits per heavy atom. The van der Waals surface area contributed by atoms with Gasteiger partial charge in [-0.15, -0.1) is 0 Å². The monoisotopic (exact) mass is 297 g/mol. The van der Waals surface area contributed by atoms with Crippen LogP contribution in [0.25, 0.3) is 10.2 Å². The highest BCUT2D eigenvalue weighted by molar-refractivity contribution is 7.91. The van der Waals surface area contributed by atoms with E-state index in [9.17, 15) is 8.42 Å². The molecule has 0 atom stereocenters. The highest BCUT2D eigenvalue weighted by atomic mass is 32.2. The Bertz CT molecular complexity index is 695. The number of hydrogen-bond acceptors (Lipinski definition) is 6. The van der Waals surface area contributed by atoms with Crippen LogP contribution in [-0.4, -0.2) is 42.9 Å². The lowest BCUT2D eigenvalue weighted by atomic mass is 10.2. The van der Waals surface area contributed by atoms with Crippen LogP contribution in [-0.2, 0) is 16.4 Å². The molecule has 1 fully saturated rings. The third-order valence-corrected chi connectivity index (χ3v) is 5.77. The summed E-state index contributed by atoms with van der Waals surface area (Å²) in [6.45, 7) is 2.01. The third kappa shape index (κ3) is 2.88. The van der Waals surface area contributed by atoms with Crippen molar-refractivity contribution >= 4 is 36.5 Å². The molecule has 0 aliphatic carbocycles. The van der Waals surface area contributed by atoms with Crippen molar-refractivity contribution in [2.45, 2.75) is 6.54 Å². The van der Waals surface area contributed by atoms with E-state index in [4.69, 9.17) is 5.73 Å². The van der Waals surface area contributed by atoms with Crippen molar-refractivity contribution in [2.24, 2.45) is 0 Å². The first-order valence-corrected chi connectivity index (χ1v) is 8.73. The highest BCUT2D eigenvalue weighted by Crippen LogP contribution is 2.25. The lowest BCUT2D eigenvalue weighted by Gasteiger charge is -2.26. The number of hydrogen-bond donors (Lipinski definition) is 1. The molecule has 1 aromatic carbocycles. The molecular weight excluding hydrogens is 282 g/mol. The van der Waals surface area contributed by atoms with Crippen LogP contribution in [0.1, 0.15) is 5.56 Å². The van der Waals surface area contributed by atoms with E-state index >= 15 is 0 Å². The first kappa shape index (κ1) is 12.8. The van der Waals surface area contributed by atoms with E-state index in [1.165, 1.54) is 16.9 Å². The molecule has 1 aliphatic rings. The van der Waals surface area contributed by atoms with Gasteiger partial charge in [-0.1, -0.05) is 17.4 Å². The zero-order chi connectivity index (χ0) is 13.5. The number of anilines is 1. The molecule has 0 saturated carbocycles. The van der Waals surface area contributed by atoms with Crippen LogP contribution >= 0.6 is 11.3 Å². The van der Waals surface area contributed by atoms with Crippen molar-refractivity contribution in [3.8, 4) is 0 Å². The zero-order valence-electron chi connectivity index (χ0n) is 10.4. The quantitative estimate of drug-likeness (QED) is 0.898. The minimum Gasteiger partial charge on any atom is -0.375 e.